The van der Waals surface area contributed by atoms with Crippen LogP contribution in [0.1, 0.15) is 42.3 Å². The number of allylic oxidation sites excluding steroid dienone is 1. The molecule has 4 nitrogen and oxygen atoms in total. The van der Waals surface area contributed by atoms with Gasteiger partial charge in [0.25, 0.3) is 0 Å². The molecule has 0 saturated carbocycles. The first-order chi connectivity index (χ1) is 14.3. The van der Waals surface area contributed by atoms with Gasteiger partial charge in [0.15, 0.2) is 0 Å². The number of nitrogens with zero attached hydrogens (tertiary/aromatic N) is 2. The van der Waals surface area contributed by atoms with Gasteiger partial charge in [0.2, 0.25) is 5.91 Å². The van der Waals surface area contributed by atoms with E-state index in [0.717, 1.165) is 37.4 Å². The zero-order chi connectivity index (χ0) is 20.1. The summed E-state index contributed by atoms with van der Waals surface area (Å²) in [5.41, 5.74) is 2.27. The Balaban J connectivity index is 1.63. The monoisotopic (exact) mass is 390 g/mol. The van der Waals surface area contributed by atoms with Crippen LogP contribution in [0.15, 0.2) is 66.7 Å². The molecule has 1 fully saturated rings. The van der Waals surface area contributed by atoms with Gasteiger partial charge in [-0.1, -0.05) is 54.6 Å². The zero-order valence-electron chi connectivity index (χ0n) is 17.2. The summed E-state index contributed by atoms with van der Waals surface area (Å²) in [5, 5.41) is 0. The lowest BCUT2D eigenvalue weighted by atomic mass is 9.93. The molecular weight excluding hydrogens is 360 g/mol. The van der Waals surface area contributed by atoms with E-state index in [-0.39, 0.29) is 17.9 Å². The molecule has 4 rings (SSSR count). The van der Waals surface area contributed by atoms with Crippen LogP contribution in [0.4, 0.5) is 0 Å². The van der Waals surface area contributed by atoms with Gasteiger partial charge in [-0.3, -0.25) is 4.79 Å². The normalized spacial score (nSPS) is 21.2. The van der Waals surface area contributed by atoms with Crippen LogP contribution in [0.25, 0.3) is 0 Å². The average molecular weight is 391 g/mol. The van der Waals surface area contributed by atoms with Crippen molar-refractivity contribution >= 4 is 5.91 Å². The van der Waals surface area contributed by atoms with Crippen LogP contribution in [-0.4, -0.2) is 49.0 Å². The number of methoxy groups -OCH3 is 1. The minimum absolute atomic E-state index is 0.0744. The maximum atomic E-state index is 13.7. The van der Waals surface area contributed by atoms with Crippen molar-refractivity contribution in [3.8, 4) is 5.75 Å². The van der Waals surface area contributed by atoms with Crippen molar-refractivity contribution in [2.75, 3.05) is 33.3 Å². The smallest absolute Gasteiger partial charge is 0.231 e. The third kappa shape index (κ3) is 4.54. The third-order valence-corrected chi connectivity index (χ3v) is 6.13. The lowest BCUT2D eigenvalue weighted by molar-refractivity contribution is -0.134. The van der Waals surface area contributed by atoms with Gasteiger partial charge in [0, 0.05) is 13.1 Å². The molecule has 2 aliphatic heterocycles. The number of amides is 1. The van der Waals surface area contributed by atoms with E-state index < -0.39 is 0 Å². The Labute approximate surface area is 173 Å². The SMILES string of the molecule is COc1ccc([C@H]2CC=CCN(C(CN3CCCC3)c3ccccc3)C2=O)cc1. The molecule has 4 heteroatoms. The topological polar surface area (TPSA) is 32.8 Å². The lowest BCUT2D eigenvalue weighted by Crippen LogP contribution is -2.42. The van der Waals surface area contributed by atoms with Gasteiger partial charge in [-0.25, -0.2) is 0 Å². The second-order valence-electron chi connectivity index (χ2n) is 7.96. The molecule has 152 valence electrons. The highest BCUT2D eigenvalue weighted by molar-refractivity contribution is 5.85. The van der Waals surface area contributed by atoms with E-state index in [1.807, 2.05) is 30.3 Å². The van der Waals surface area contributed by atoms with E-state index in [9.17, 15) is 4.79 Å². The standard InChI is InChI=1S/C25H30N2O2/c1-29-22-14-12-20(13-15-22)23-11-5-6-18-27(25(23)28)24(19-26-16-7-8-17-26)21-9-3-2-4-10-21/h2-6,9-10,12-15,23-24H,7-8,11,16-19H2,1H3/t23-,24?/m1/s1. The predicted octanol–water partition coefficient (Wildman–Crippen LogP) is 4.40. The molecule has 29 heavy (non-hydrogen) atoms. The number of hydrogen-bond donors (Lipinski definition) is 0. The fourth-order valence-corrected chi connectivity index (χ4v) is 4.48. The second-order valence-corrected chi connectivity index (χ2v) is 7.96. The van der Waals surface area contributed by atoms with Crippen LogP contribution in [-0.2, 0) is 4.79 Å². The summed E-state index contributed by atoms with van der Waals surface area (Å²) in [6.07, 6.45) is 7.56. The minimum atomic E-state index is -0.149. The molecule has 1 saturated heterocycles. The number of hydrogen-bond acceptors (Lipinski definition) is 3. The van der Waals surface area contributed by atoms with Gasteiger partial charge in [-0.15, -0.1) is 0 Å². The van der Waals surface area contributed by atoms with Crippen LogP contribution >= 0.6 is 0 Å². The highest BCUT2D eigenvalue weighted by Gasteiger charge is 2.33. The quantitative estimate of drug-likeness (QED) is 0.685. The summed E-state index contributed by atoms with van der Waals surface area (Å²) in [7, 11) is 1.67. The van der Waals surface area contributed by atoms with Crippen molar-refractivity contribution < 1.29 is 9.53 Å². The number of ether oxygens (including phenoxy) is 1. The molecule has 2 aliphatic rings. The summed E-state index contributed by atoms with van der Waals surface area (Å²) in [6, 6.07) is 18.5. The summed E-state index contributed by atoms with van der Waals surface area (Å²) >= 11 is 0. The van der Waals surface area contributed by atoms with E-state index in [4.69, 9.17) is 4.74 Å². The zero-order valence-corrected chi connectivity index (χ0v) is 17.2. The predicted molar refractivity (Wildman–Crippen MR) is 116 cm³/mol. The molecule has 1 amide bonds. The van der Waals surface area contributed by atoms with Crippen molar-refractivity contribution in [3.63, 3.8) is 0 Å². The van der Waals surface area contributed by atoms with Crippen LogP contribution in [0.3, 0.4) is 0 Å². The van der Waals surface area contributed by atoms with E-state index in [1.165, 1.54) is 18.4 Å². The molecule has 2 atom stereocenters. The van der Waals surface area contributed by atoms with E-state index in [1.54, 1.807) is 7.11 Å². The maximum absolute atomic E-state index is 13.7. The first-order valence-corrected chi connectivity index (χ1v) is 10.6. The van der Waals surface area contributed by atoms with Crippen molar-refractivity contribution in [1.29, 1.82) is 0 Å². The van der Waals surface area contributed by atoms with Gasteiger partial charge >= 0.3 is 0 Å². The number of likely N-dealkylation sites (tertiary alicyclic amines) is 1. The molecule has 2 heterocycles. The first-order valence-electron chi connectivity index (χ1n) is 10.6. The van der Waals surface area contributed by atoms with Gasteiger partial charge in [-0.2, -0.15) is 0 Å². The Morgan fingerprint density at radius 1 is 1.00 bits per heavy atom. The van der Waals surface area contributed by atoms with E-state index in [0.29, 0.717) is 6.54 Å². The fraction of sp³-hybridized carbons (Fsp3) is 0.400. The molecule has 0 aliphatic carbocycles. The van der Waals surface area contributed by atoms with Gasteiger partial charge in [0.05, 0.1) is 19.1 Å². The number of benzene rings is 2. The van der Waals surface area contributed by atoms with Gasteiger partial charge in [0.1, 0.15) is 5.75 Å². The van der Waals surface area contributed by atoms with E-state index >= 15 is 0 Å². The highest BCUT2D eigenvalue weighted by atomic mass is 16.5. The third-order valence-electron chi connectivity index (χ3n) is 6.13. The highest BCUT2D eigenvalue weighted by Crippen LogP contribution is 2.32. The van der Waals surface area contributed by atoms with Gasteiger partial charge in [-0.05, 0) is 55.6 Å². The van der Waals surface area contributed by atoms with Crippen molar-refractivity contribution in [2.24, 2.45) is 0 Å². The minimum Gasteiger partial charge on any atom is -0.497 e. The second kappa shape index (κ2) is 9.27. The molecule has 0 spiro atoms. The summed E-state index contributed by atoms with van der Waals surface area (Å²) in [6.45, 7) is 3.82. The fourth-order valence-electron chi connectivity index (χ4n) is 4.48. The summed E-state index contributed by atoms with van der Waals surface area (Å²) < 4.78 is 5.28. The first kappa shape index (κ1) is 19.7. The summed E-state index contributed by atoms with van der Waals surface area (Å²) in [5.74, 6) is 0.885. The summed E-state index contributed by atoms with van der Waals surface area (Å²) in [4.78, 5) is 18.3. The molecular formula is C25H30N2O2. The van der Waals surface area contributed by atoms with Crippen molar-refractivity contribution in [1.82, 2.24) is 9.80 Å². The molecule has 1 unspecified atom stereocenters. The Hall–Kier alpha value is -2.59. The Morgan fingerprint density at radius 2 is 1.72 bits per heavy atom. The number of carbonyl (C=O) groups is 1. The molecule has 2 aromatic carbocycles. The van der Waals surface area contributed by atoms with E-state index in [2.05, 4.69) is 46.2 Å². The molecule has 0 bridgehead atoms. The van der Waals surface area contributed by atoms with Crippen LogP contribution < -0.4 is 4.74 Å². The van der Waals surface area contributed by atoms with Crippen molar-refractivity contribution in [2.45, 2.75) is 31.2 Å². The molecule has 0 radical (unpaired) electrons. The largest absolute Gasteiger partial charge is 0.497 e. The van der Waals surface area contributed by atoms with Crippen LogP contribution in [0.2, 0.25) is 0 Å². The maximum Gasteiger partial charge on any atom is 0.231 e. The van der Waals surface area contributed by atoms with Gasteiger partial charge < -0.3 is 14.5 Å². The average Bonchev–Trinajstić information content (AvgIpc) is 3.21. The van der Waals surface area contributed by atoms with Crippen LogP contribution in [0.5, 0.6) is 5.75 Å². The Bertz CT molecular complexity index is 826. The lowest BCUT2D eigenvalue weighted by Gasteiger charge is -2.35. The van der Waals surface area contributed by atoms with Crippen molar-refractivity contribution in [3.05, 3.63) is 77.9 Å². The Morgan fingerprint density at radius 3 is 2.41 bits per heavy atom. The van der Waals surface area contributed by atoms with Crippen LogP contribution in [0, 0.1) is 0 Å². The number of rotatable bonds is 6. The Kier molecular flexibility index (Phi) is 6.30. The molecule has 0 N–H and O–H groups in total. The molecule has 0 aromatic heterocycles. The number of carbonyl (C=O) groups excluding carboxylic acids is 1. The molecule has 2 aromatic rings.